The van der Waals surface area contributed by atoms with Gasteiger partial charge in [0, 0.05) is 12.8 Å². The Hall–Kier alpha value is -1.10. The Morgan fingerprint density at radius 3 is 0.629 bits per heavy atom. The van der Waals surface area contributed by atoms with Crippen LogP contribution in [-0.4, -0.2) is 36.4 Å². The van der Waals surface area contributed by atoms with Crippen LogP contribution in [0.15, 0.2) is 0 Å². The average Bonchev–Trinajstić information content (AvgIpc) is 3.36. The summed E-state index contributed by atoms with van der Waals surface area (Å²) in [5, 5.41) is 9.67. The lowest BCUT2D eigenvalue weighted by Crippen LogP contribution is -2.28. The first kappa shape index (κ1) is 68.9. The number of hydrogen-bond acceptors (Lipinski definition) is 5. The highest BCUT2D eigenvalue weighted by molar-refractivity contribution is 5.70. The minimum atomic E-state index is -0.765. The zero-order valence-corrected chi connectivity index (χ0v) is 48.1. The molecular weight excluding hydrogens is 861 g/mol. The summed E-state index contributed by atoms with van der Waals surface area (Å²) in [6, 6.07) is 0. The van der Waals surface area contributed by atoms with Gasteiger partial charge >= 0.3 is 11.9 Å². The molecule has 0 spiro atoms. The molecule has 0 aliphatic heterocycles. The van der Waals surface area contributed by atoms with Crippen LogP contribution in [0.3, 0.4) is 0 Å². The molecule has 0 aromatic rings. The molecule has 0 saturated heterocycles. The van der Waals surface area contributed by atoms with Crippen LogP contribution in [0.2, 0.25) is 0 Å². The summed E-state index contributed by atoms with van der Waals surface area (Å²) in [6.45, 7) is 4.22. The zero-order valence-electron chi connectivity index (χ0n) is 48.1. The largest absolute Gasteiger partial charge is 0.462 e. The number of unbranched alkanes of at least 4 members (excludes halogenated alkanes) is 54. The third-order valence-corrected chi connectivity index (χ3v) is 15.4. The summed E-state index contributed by atoms with van der Waals surface area (Å²) in [5.74, 6) is -0.561. The lowest BCUT2D eigenvalue weighted by molar-refractivity contribution is -0.161. The number of rotatable bonds is 62. The van der Waals surface area contributed by atoms with E-state index < -0.39 is 6.10 Å². The number of hydrogen-bond donors (Lipinski definition) is 1. The van der Waals surface area contributed by atoms with Crippen LogP contribution in [0.4, 0.5) is 0 Å². The van der Waals surface area contributed by atoms with Crippen LogP contribution in [-0.2, 0) is 19.1 Å². The number of esters is 2. The van der Waals surface area contributed by atoms with Crippen LogP contribution in [0.25, 0.3) is 0 Å². The fourth-order valence-corrected chi connectivity index (χ4v) is 10.5. The minimum absolute atomic E-state index is 0.0555. The number of aliphatic hydroxyl groups is 1. The van der Waals surface area contributed by atoms with Gasteiger partial charge in [-0.1, -0.05) is 361 Å². The Kier molecular flexibility index (Phi) is 61.2. The lowest BCUT2D eigenvalue weighted by atomic mass is 10.0. The van der Waals surface area contributed by atoms with Crippen LogP contribution in [0, 0.1) is 0 Å². The van der Waals surface area contributed by atoms with E-state index in [9.17, 15) is 14.7 Å². The van der Waals surface area contributed by atoms with Crippen LogP contribution in [0.5, 0.6) is 0 Å². The van der Waals surface area contributed by atoms with Crippen molar-refractivity contribution in [2.75, 3.05) is 13.2 Å². The fourth-order valence-electron chi connectivity index (χ4n) is 10.5. The van der Waals surface area contributed by atoms with Crippen molar-refractivity contribution in [3.63, 3.8) is 0 Å². The number of aliphatic hydroxyl groups excluding tert-OH is 1. The summed E-state index contributed by atoms with van der Waals surface area (Å²) < 4.78 is 10.7. The Morgan fingerprint density at radius 2 is 0.443 bits per heavy atom. The minimum Gasteiger partial charge on any atom is -0.462 e. The maximum absolute atomic E-state index is 12.3. The van der Waals surface area contributed by atoms with Gasteiger partial charge in [0.05, 0.1) is 6.61 Å². The average molecular weight is 990 g/mol. The SMILES string of the molecule is CCCCCCCCCCCCCCCCCCCCCCCCCCCCCCCCCCCCCC(=O)OC(CO)COC(=O)CCCCCCCCCCCCCCCCCCCCCCC. The molecule has 70 heavy (non-hydrogen) atoms. The molecule has 0 aliphatic rings. The molecule has 1 atom stereocenters. The van der Waals surface area contributed by atoms with Crippen molar-refractivity contribution < 1.29 is 24.2 Å². The zero-order chi connectivity index (χ0) is 50.6. The molecule has 1 N–H and O–H groups in total. The first-order valence-corrected chi connectivity index (χ1v) is 32.6. The van der Waals surface area contributed by atoms with E-state index in [1.165, 1.54) is 327 Å². The Labute approximate surface area is 439 Å². The highest BCUT2D eigenvalue weighted by Crippen LogP contribution is 2.19. The Bertz CT molecular complexity index is 983. The molecular formula is C65H128O5. The summed E-state index contributed by atoms with van der Waals surface area (Å²) in [6.07, 6.45) is 77.0. The van der Waals surface area contributed by atoms with Crippen molar-refractivity contribution >= 4 is 11.9 Å². The third kappa shape index (κ3) is 59.5. The van der Waals surface area contributed by atoms with Crippen molar-refractivity contribution in [2.24, 2.45) is 0 Å². The Balaban J connectivity index is 3.35. The van der Waals surface area contributed by atoms with Gasteiger partial charge in [0.2, 0.25) is 0 Å². The van der Waals surface area contributed by atoms with E-state index in [1.807, 2.05) is 0 Å². The second-order valence-corrected chi connectivity index (χ2v) is 22.6. The number of carbonyl (C=O) groups excluding carboxylic acids is 2. The fraction of sp³-hybridized carbons (Fsp3) is 0.969. The molecule has 0 bridgehead atoms. The molecule has 0 heterocycles. The summed E-state index contributed by atoms with van der Waals surface area (Å²) in [5.41, 5.74) is 0. The van der Waals surface area contributed by atoms with Gasteiger partial charge in [-0.2, -0.15) is 0 Å². The van der Waals surface area contributed by atoms with Gasteiger partial charge in [-0.3, -0.25) is 9.59 Å². The van der Waals surface area contributed by atoms with Gasteiger partial charge in [-0.15, -0.1) is 0 Å². The first-order chi connectivity index (χ1) is 34.6. The van der Waals surface area contributed by atoms with Crippen molar-refractivity contribution in [2.45, 2.75) is 392 Å². The van der Waals surface area contributed by atoms with E-state index in [4.69, 9.17) is 9.47 Å². The molecule has 0 rings (SSSR count). The predicted molar refractivity (Wildman–Crippen MR) is 307 cm³/mol. The smallest absolute Gasteiger partial charge is 0.306 e. The normalized spacial score (nSPS) is 12.0. The van der Waals surface area contributed by atoms with Crippen molar-refractivity contribution in [3.8, 4) is 0 Å². The van der Waals surface area contributed by atoms with Crippen LogP contribution < -0.4 is 0 Å². The van der Waals surface area contributed by atoms with E-state index in [0.717, 1.165) is 32.1 Å². The van der Waals surface area contributed by atoms with Gasteiger partial charge in [0.15, 0.2) is 6.10 Å². The van der Waals surface area contributed by atoms with Gasteiger partial charge in [-0.05, 0) is 12.8 Å². The predicted octanol–water partition coefficient (Wildman–Crippen LogP) is 22.1. The topological polar surface area (TPSA) is 72.8 Å². The maximum Gasteiger partial charge on any atom is 0.306 e. The van der Waals surface area contributed by atoms with Gasteiger partial charge < -0.3 is 14.6 Å². The molecule has 0 amide bonds. The summed E-state index contributed by atoms with van der Waals surface area (Å²) in [7, 11) is 0. The second kappa shape index (κ2) is 62.2. The summed E-state index contributed by atoms with van der Waals surface area (Å²) in [4.78, 5) is 24.6. The maximum atomic E-state index is 12.3. The van der Waals surface area contributed by atoms with E-state index in [-0.39, 0.29) is 25.2 Å². The third-order valence-electron chi connectivity index (χ3n) is 15.4. The van der Waals surface area contributed by atoms with Gasteiger partial charge in [0.1, 0.15) is 6.61 Å². The Morgan fingerprint density at radius 1 is 0.271 bits per heavy atom. The molecule has 1 unspecified atom stereocenters. The standard InChI is InChI=1S/C65H128O5/c1-3-5-7-9-11-13-15-17-19-21-23-25-26-27-28-29-30-31-32-33-34-35-36-37-38-40-42-44-46-48-50-52-54-56-58-60-65(68)70-63(61-66)62-69-64(67)59-57-55-53-51-49-47-45-43-41-39-24-22-20-18-16-14-12-10-8-6-4-2/h63,66H,3-62H2,1-2H3. The molecule has 5 heteroatoms. The monoisotopic (exact) mass is 989 g/mol. The molecule has 0 aromatic heterocycles. The van der Waals surface area contributed by atoms with E-state index in [1.54, 1.807) is 0 Å². The second-order valence-electron chi connectivity index (χ2n) is 22.6. The molecule has 0 fully saturated rings. The van der Waals surface area contributed by atoms with E-state index in [0.29, 0.717) is 12.8 Å². The van der Waals surface area contributed by atoms with E-state index >= 15 is 0 Å². The number of ether oxygens (including phenoxy) is 2. The van der Waals surface area contributed by atoms with Gasteiger partial charge in [0.25, 0.3) is 0 Å². The molecule has 0 saturated carbocycles. The van der Waals surface area contributed by atoms with Crippen molar-refractivity contribution in [1.29, 1.82) is 0 Å². The highest BCUT2D eigenvalue weighted by atomic mass is 16.6. The van der Waals surface area contributed by atoms with Gasteiger partial charge in [-0.25, -0.2) is 0 Å². The number of carbonyl (C=O) groups is 2. The highest BCUT2D eigenvalue weighted by Gasteiger charge is 2.16. The van der Waals surface area contributed by atoms with Crippen LogP contribution in [0.1, 0.15) is 386 Å². The lowest BCUT2D eigenvalue weighted by Gasteiger charge is -2.15. The molecule has 418 valence electrons. The molecule has 0 aromatic carbocycles. The van der Waals surface area contributed by atoms with Crippen molar-refractivity contribution in [3.05, 3.63) is 0 Å². The first-order valence-electron chi connectivity index (χ1n) is 32.6. The van der Waals surface area contributed by atoms with Crippen molar-refractivity contribution in [1.82, 2.24) is 0 Å². The van der Waals surface area contributed by atoms with Crippen LogP contribution >= 0.6 is 0 Å². The van der Waals surface area contributed by atoms with E-state index in [2.05, 4.69) is 13.8 Å². The molecule has 0 radical (unpaired) electrons. The molecule has 5 nitrogen and oxygen atoms in total. The molecule has 0 aliphatic carbocycles. The summed E-state index contributed by atoms with van der Waals surface area (Å²) >= 11 is 0. The quantitative estimate of drug-likeness (QED) is 0.0486.